The Labute approximate surface area is 191 Å². The molecule has 1 aliphatic heterocycles. The lowest BCUT2D eigenvalue weighted by Gasteiger charge is -2.19. The topological polar surface area (TPSA) is 93.7 Å². The largest absolute Gasteiger partial charge is 0.486 e. The molecule has 4 rings (SSSR count). The minimum Gasteiger partial charge on any atom is -0.486 e. The van der Waals surface area contributed by atoms with E-state index in [1.165, 1.54) is 18.2 Å². The Hall–Kier alpha value is -3.23. The molecule has 2 N–H and O–H groups in total. The van der Waals surface area contributed by atoms with Crippen LogP contribution in [0.25, 0.3) is 0 Å². The molecule has 0 radical (unpaired) electrons. The number of nitrogens with one attached hydrogen (secondary N) is 2. The van der Waals surface area contributed by atoms with Gasteiger partial charge in [-0.3, -0.25) is 9.52 Å². The van der Waals surface area contributed by atoms with Crippen molar-refractivity contribution in [2.24, 2.45) is 0 Å². The number of hydrogen-bond acceptors (Lipinski definition) is 5. The van der Waals surface area contributed by atoms with Crippen LogP contribution >= 0.6 is 11.6 Å². The SMILES string of the molecule is Cc1cccc(NS(=O)(=O)c2ccc(Cl)c(C(=O)NCc3ccc4c(c3)OCCO4)c2)c1. The Kier molecular flexibility index (Phi) is 6.25. The second-order valence-corrected chi connectivity index (χ2v) is 9.37. The molecule has 0 aliphatic carbocycles. The Morgan fingerprint density at radius 3 is 2.56 bits per heavy atom. The molecule has 0 saturated carbocycles. The summed E-state index contributed by atoms with van der Waals surface area (Å²) in [5, 5.41) is 2.92. The van der Waals surface area contributed by atoms with Crippen molar-refractivity contribution in [3.8, 4) is 11.5 Å². The summed E-state index contributed by atoms with van der Waals surface area (Å²) >= 11 is 6.19. The quantitative estimate of drug-likeness (QED) is 0.562. The van der Waals surface area contributed by atoms with Gasteiger partial charge in [-0.1, -0.05) is 29.8 Å². The van der Waals surface area contributed by atoms with Gasteiger partial charge in [0.2, 0.25) is 0 Å². The molecule has 0 fully saturated rings. The molecule has 0 aromatic heterocycles. The summed E-state index contributed by atoms with van der Waals surface area (Å²) in [7, 11) is -3.90. The van der Waals surface area contributed by atoms with Gasteiger partial charge in [-0.2, -0.15) is 0 Å². The summed E-state index contributed by atoms with van der Waals surface area (Å²) in [6, 6.07) is 16.4. The molecule has 0 unspecified atom stereocenters. The van der Waals surface area contributed by atoms with Gasteiger partial charge >= 0.3 is 0 Å². The number of benzene rings is 3. The van der Waals surface area contributed by atoms with E-state index in [0.29, 0.717) is 30.4 Å². The first-order chi connectivity index (χ1) is 15.3. The lowest BCUT2D eigenvalue weighted by molar-refractivity contribution is 0.0950. The third-order valence-corrected chi connectivity index (χ3v) is 6.53. The smallest absolute Gasteiger partial charge is 0.261 e. The Balaban J connectivity index is 1.50. The number of sulfonamides is 1. The molecule has 0 saturated heterocycles. The lowest BCUT2D eigenvalue weighted by atomic mass is 10.1. The zero-order valence-electron chi connectivity index (χ0n) is 17.2. The van der Waals surface area contributed by atoms with Gasteiger partial charge < -0.3 is 14.8 Å². The lowest BCUT2D eigenvalue weighted by Crippen LogP contribution is -2.24. The van der Waals surface area contributed by atoms with Crippen LogP contribution < -0.4 is 19.5 Å². The molecule has 9 heteroatoms. The van der Waals surface area contributed by atoms with Crippen LogP contribution in [0.1, 0.15) is 21.5 Å². The number of amides is 1. The zero-order valence-corrected chi connectivity index (χ0v) is 18.8. The van der Waals surface area contributed by atoms with Crippen LogP contribution in [-0.2, 0) is 16.6 Å². The predicted molar refractivity (Wildman–Crippen MR) is 122 cm³/mol. The van der Waals surface area contributed by atoms with E-state index in [4.69, 9.17) is 21.1 Å². The minimum atomic E-state index is -3.90. The number of aryl methyl sites for hydroxylation is 1. The molecule has 3 aromatic rings. The maximum Gasteiger partial charge on any atom is 0.261 e. The highest BCUT2D eigenvalue weighted by molar-refractivity contribution is 7.92. The van der Waals surface area contributed by atoms with Crippen LogP contribution in [0.5, 0.6) is 11.5 Å². The highest BCUT2D eigenvalue weighted by atomic mass is 35.5. The number of hydrogen-bond donors (Lipinski definition) is 2. The number of ether oxygens (including phenoxy) is 2. The van der Waals surface area contributed by atoms with Gasteiger partial charge in [0.25, 0.3) is 15.9 Å². The van der Waals surface area contributed by atoms with E-state index in [1.54, 1.807) is 30.3 Å². The van der Waals surface area contributed by atoms with Crippen LogP contribution in [0.2, 0.25) is 5.02 Å². The zero-order chi connectivity index (χ0) is 22.7. The average Bonchev–Trinajstić information content (AvgIpc) is 2.77. The van der Waals surface area contributed by atoms with Crippen LogP contribution in [0, 0.1) is 6.92 Å². The average molecular weight is 473 g/mol. The van der Waals surface area contributed by atoms with Gasteiger partial charge in [-0.15, -0.1) is 0 Å². The maximum atomic E-state index is 12.8. The fourth-order valence-electron chi connectivity index (χ4n) is 3.24. The Bertz CT molecular complexity index is 1280. The molecule has 1 heterocycles. The van der Waals surface area contributed by atoms with E-state index in [9.17, 15) is 13.2 Å². The van der Waals surface area contributed by atoms with Crippen molar-refractivity contribution in [3.05, 3.63) is 82.4 Å². The van der Waals surface area contributed by atoms with Crippen molar-refractivity contribution in [2.45, 2.75) is 18.4 Å². The molecule has 0 atom stereocenters. The summed E-state index contributed by atoms with van der Waals surface area (Å²) in [5.74, 6) is 0.794. The van der Waals surface area contributed by atoms with Gasteiger partial charge in [0, 0.05) is 12.2 Å². The molecule has 1 amide bonds. The summed E-state index contributed by atoms with van der Waals surface area (Å²) in [4.78, 5) is 12.7. The third-order valence-electron chi connectivity index (χ3n) is 4.82. The van der Waals surface area contributed by atoms with Crippen LogP contribution in [-0.4, -0.2) is 27.5 Å². The van der Waals surface area contributed by atoms with Crippen molar-refractivity contribution in [1.82, 2.24) is 5.32 Å². The molecule has 0 bridgehead atoms. The van der Waals surface area contributed by atoms with Gasteiger partial charge in [-0.05, 0) is 60.5 Å². The van der Waals surface area contributed by atoms with Crippen LogP contribution in [0.3, 0.4) is 0 Å². The summed E-state index contributed by atoms with van der Waals surface area (Å²) in [5.41, 5.74) is 2.23. The van der Waals surface area contributed by atoms with Crippen molar-refractivity contribution in [1.29, 1.82) is 0 Å². The van der Waals surface area contributed by atoms with Crippen molar-refractivity contribution in [3.63, 3.8) is 0 Å². The van der Waals surface area contributed by atoms with E-state index in [2.05, 4.69) is 10.0 Å². The molecular formula is C23H21ClN2O5S. The van der Waals surface area contributed by atoms with Gasteiger partial charge in [0.1, 0.15) is 13.2 Å². The Morgan fingerprint density at radius 2 is 1.78 bits per heavy atom. The predicted octanol–water partition coefficient (Wildman–Crippen LogP) is 4.15. The fraction of sp³-hybridized carbons (Fsp3) is 0.174. The van der Waals surface area contributed by atoms with Crippen LogP contribution in [0.4, 0.5) is 5.69 Å². The van der Waals surface area contributed by atoms with Crippen molar-refractivity contribution < 1.29 is 22.7 Å². The van der Waals surface area contributed by atoms with E-state index < -0.39 is 15.9 Å². The second-order valence-electron chi connectivity index (χ2n) is 7.28. The first-order valence-electron chi connectivity index (χ1n) is 9.87. The summed E-state index contributed by atoms with van der Waals surface area (Å²) < 4.78 is 39.2. The standard InChI is InChI=1S/C23H21ClN2O5S/c1-15-3-2-4-17(11-15)26-32(28,29)18-6-7-20(24)19(13-18)23(27)25-14-16-5-8-21-22(12-16)31-10-9-30-21/h2-8,11-13,26H,9-10,14H2,1H3,(H,25,27). The number of carbonyl (C=O) groups is 1. The number of halogens is 1. The van der Waals surface area contributed by atoms with Crippen molar-refractivity contribution >= 4 is 33.2 Å². The monoisotopic (exact) mass is 472 g/mol. The molecule has 166 valence electrons. The van der Waals surface area contributed by atoms with E-state index in [1.807, 2.05) is 19.1 Å². The molecule has 3 aromatic carbocycles. The number of rotatable bonds is 6. The van der Waals surface area contributed by atoms with Crippen molar-refractivity contribution in [2.75, 3.05) is 17.9 Å². The van der Waals surface area contributed by atoms with Gasteiger partial charge in [-0.25, -0.2) is 8.42 Å². The number of anilines is 1. The highest BCUT2D eigenvalue weighted by Crippen LogP contribution is 2.30. The molecule has 32 heavy (non-hydrogen) atoms. The maximum absolute atomic E-state index is 12.8. The Morgan fingerprint density at radius 1 is 1.00 bits per heavy atom. The minimum absolute atomic E-state index is 0.0621. The number of carbonyl (C=O) groups excluding carboxylic acids is 1. The summed E-state index contributed by atoms with van der Waals surface area (Å²) in [6.07, 6.45) is 0. The molecule has 0 spiro atoms. The normalized spacial score (nSPS) is 12.8. The third kappa shape index (κ3) is 4.98. The summed E-state index contributed by atoms with van der Waals surface area (Å²) in [6.45, 7) is 3.05. The first kappa shape index (κ1) is 22.0. The fourth-order valence-corrected chi connectivity index (χ4v) is 4.52. The van der Waals surface area contributed by atoms with Gasteiger partial charge in [0.05, 0.1) is 15.5 Å². The number of fused-ring (bicyclic) bond motifs is 1. The highest BCUT2D eigenvalue weighted by Gasteiger charge is 2.19. The second kappa shape index (κ2) is 9.10. The van der Waals surface area contributed by atoms with E-state index in [-0.39, 0.29) is 22.0 Å². The van der Waals surface area contributed by atoms with Crippen LogP contribution in [0.15, 0.2) is 65.6 Å². The first-order valence-corrected chi connectivity index (χ1v) is 11.7. The molecule has 1 aliphatic rings. The van der Waals surface area contributed by atoms with E-state index >= 15 is 0 Å². The molecule has 7 nitrogen and oxygen atoms in total. The van der Waals surface area contributed by atoms with Gasteiger partial charge in [0.15, 0.2) is 11.5 Å². The molecular weight excluding hydrogens is 452 g/mol. The van der Waals surface area contributed by atoms with E-state index in [0.717, 1.165) is 11.1 Å².